The Kier molecular flexibility index (Phi) is 6.69. The van der Waals surface area contributed by atoms with Crippen LogP contribution in [0.1, 0.15) is 53.6 Å². The summed E-state index contributed by atoms with van der Waals surface area (Å²) in [6.45, 7) is 6.97. The lowest BCUT2D eigenvalue weighted by Gasteiger charge is -2.21. The van der Waals surface area contributed by atoms with Crippen LogP contribution in [-0.4, -0.2) is 34.3 Å². The van der Waals surface area contributed by atoms with E-state index in [0.29, 0.717) is 18.7 Å². The second kappa shape index (κ2) is 8.97. The van der Waals surface area contributed by atoms with E-state index in [1.165, 1.54) is 6.20 Å². The Hall–Kier alpha value is -2.69. The summed E-state index contributed by atoms with van der Waals surface area (Å²) >= 11 is 0. The van der Waals surface area contributed by atoms with Gasteiger partial charge in [0, 0.05) is 30.9 Å². The quantitative estimate of drug-likeness (QED) is 0.842. The molecule has 0 aliphatic heterocycles. The molecule has 0 saturated carbocycles. The van der Waals surface area contributed by atoms with Crippen LogP contribution >= 0.6 is 0 Å². The number of rotatable bonds is 7. The van der Waals surface area contributed by atoms with Crippen LogP contribution in [0.4, 0.5) is 0 Å². The van der Waals surface area contributed by atoms with Crippen LogP contribution in [0.25, 0.3) is 0 Å². The normalized spacial score (nSPS) is 11.6. The SMILES string of the molecule is CCC(C)NC(=O)c1ccnc(C(=O)N(CC)Cc2ccccc2)c1. The van der Waals surface area contributed by atoms with Gasteiger partial charge in [-0.25, -0.2) is 0 Å². The zero-order chi connectivity index (χ0) is 18.2. The second-order valence-electron chi connectivity index (χ2n) is 6.02. The highest BCUT2D eigenvalue weighted by atomic mass is 16.2. The van der Waals surface area contributed by atoms with Gasteiger partial charge in [-0.2, -0.15) is 0 Å². The van der Waals surface area contributed by atoms with Crippen molar-refractivity contribution in [2.75, 3.05) is 6.54 Å². The van der Waals surface area contributed by atoms with Gasteiger partial charge in [0.05, 0.1) is 0 Å². The Morgan fingerprint density at radius 3 is 2.52 bits per heavy atom. The minimum Gasteiger partial charge on any atom is -0.350 e. The number of amides is 2. The number of hydrogen-bond acceptors (Lipinski definition) is 3. The van der Waals surface area contributed by atoms with Crippen molar-refractivity contribution >= 4 is 11.8 Å². The molecule has 1 aromatic carbocycles. The van der Waals surface area contributed by atoms with Gasteiger partial charge in [-0.1, -0.05) is 37.3 Å². The van der Waals surface area contributed by atoms with E-state index < -0.39 is 0 Å². The molecule has 1 aromatic heterocycles. The van der Waals surface area contributed by atoms with E-state index in [4.69, 9.17) is 0 Å². The second-order valence-corrected chi connectivity index (χ2v) is 6.02. The first-order valence-electron chi connectivity index (χ1n) is 8.65. The largest absolute Gasteiger partial charge is 0.350 e. The predicted octanol–water partition coefficient (Wildman–Crippen LogP) is 3.27. The third kappa shape index (κ3) is 5.14. The molecule has 1 unspecified atom stereocenters. The molecule has 25 heavy (non-hydrogen) atoms. The van der Waals surface area contributed by atoms with Crippen LogP contribution in [0.2, 0.25) is 0 Å². The molecule has 0 aliphatic rings. The summed E-state index contributed by atoms with van der Waals surface area (Å²) in [5.74, 6) is -0.360. The van der Waals surface area contributed by atoms with Crippen molar-refractivity contribution in [3.8, 4) is 0 Å². The number of nitrogens with one attached hydrogen (secondary N) is 1. The Bertz CT molecular complexity index is 716. The van der Waals surface area contributed by atoms with E-state index in [-0.39, 0.29) is 23.6 Å². The van der Waals surface area contributed by atoms with Crippen LogP contribution in [0, 0.1) is 0 Å². The summed E-state index contributed by atoms with van der Waals surface area (Å²) in [7, 11) is 0. The lowest BCUT2D eigenvalue weighted by Crippen LogP contribution is -2.33. The lowest BCUT2D eigenvalue weighted by molar-refractivity contribution is 0.0746. The van der Waals surface area contributed by atoms with E-state index in [9.17, 15) is 9.59 Å². The molecule has 132 valence electrons. The Morgan fingerprint density at radius 2 is 1.88 bits per heavy atom. The number of benzene rings is 1. The fourth-order valence-corrected chi connectivity index (χ4v) is 2.39. The van der Waals surface area contributed by atoms with Crippen molar-refractivity contribution < 1.29 is 9.59 Å². The maximum absolute atomic E-state index is 12.8. The minimum atomic E-state index is -0.183. The Labute approximate surface area is 149 Å². The lowest BCUT2D eigenvalue weighted by atomic mass is 10.1. The molecule has 2 rings (SSSR count). The first-order valence-corrected chi connectivity index (χ1v) is 8.65. The highest BCUT2D eigenvalue weighted by Crippen LogP contribution is 2.10. The number of nitrogens with zero attached hydrogens (tertiary/aromatic N) is 2. The smallest absolute Gasteiger partial charge is 0.272 e. The van der Waals surface area contributed by atoms with Crippen molar-refractivity contribution in [1.29, 1.82) is 0 Å². The molecule has 5 nitrogen and oxygen atoms in total. The first-order chi connectivity index (χ1) is 12.0. The van der Waals surface area contributed by atoms with Gasteiger partial charge in [0.1, 0.15) is 5.69 Å². The molecule has 2 amide bonds. The summed E-state index contributed by atoms with van der Waals surface area (Å²) in [5.41, 5.74) is 1.80. The molecular formula is C20H25N3O2. The topological polar surface area (TPSA) is 62.3 Å². The average molecular weight is 339 g/mol. The number of carbonyl (C=O) groups excluding carboxylic acids is 2. The molecule has 0 bridgehead atoms. The zero-order valence-corrected chi connectivity index (χ0v) is 15.0. The molecule has 0 aliphatic carbocycles. The average Bonchev–Trinajstić information content (AvgIpc) is 2.66. The molecule has 0 spiro atoms. The fourth-order valence-electron chi connectivity index (χ4n) is 2.39. The van der Waals surface area contributed by atoms with E-state index >= 15 is 0 Å². The number of aromatic nitrogens is 1. The highest BCUT2D eigenvalue weighted by Gasteiger charge is 2.18. The van der Waals surface area contributed by atoms with E-state index in [1.807, 2.05) is 51.1 Å². The number of hydrogen-bond donors (Lipinski definition) is 1. The van der Waals surface area contributed by atoms with Gasteiger partial charge in [-0.05, 0) is 38.0 Å². The van der Waals surface area contributed by atoms with Gasteiger partial charge in [-0.15, -0.1) is 0 Å². The molecule has 2 aromatic rings. The van der Waals surface area contributed by atoms with E-state index in [0.717, 1.165) is 12.0 Å². The van der Waals surface area contributed by atoms with Crippen LogP contribution in [0.15, 0.2) is 48.7 Å². The standard InChI is InChI=1S/C20H25N3O2/c1-4-15(3)22-19(24)17-11-12-21-18(13-17)20(25)23(5-2)14-16-9-7-6-8-10-16/h6-13,15H,4-5,14H2,1-3H3,(H,22,24). The third-order valence-corrected chi connectivity index (χ3v) is 4.12. The number of carbonyl (C=O) groups is 2. The molecule has 1 atom stereocenters. The van der Waals surface area contributed by atoms with Crippen molar-refractivity contribution in [1.82, 2.24) is 15.2 Å². The molecule has 1 N–H and O–H groups in total. The molecule has 1 heterocycles. The van der Waals surface area contributed by atoms with Gasteiger partial charge in [-0.3, -0.25) is 14.6 Å². The maximum atomic E-state index is 12.8. The zero-order valence-electron chi connectivity index (χ0n) is 15.0. The van der Waals surface area contributed by atoms with Gasteiger partial charge in [0.2, 0.25) is 0 Å². The molecule has 0 fully saturated rings. The fraction of sp³-hybridized carbons (Fsp3) is 0.350. The minimum absolute atomic E-state index is 0.0880. The van der Waals surface area contributed by atoms with Gasteiger partial charge in [0.15, 0.2) is 0 Å². The number of pyridine rings is 1. The van der Waals surface area contributed by atoms with E-state index in [1.54, 1.807) is 17.0 Å². The van der Waals surface area contributed by atoms with Crippen LogP contribution in [0.5, 0.6) is 0 Å². The molecular weight excluding hydrogens is 314 g/mol. The van der Waals surface area contributed by atoms with Crippen molar-refractivity contribution in [3.05, 3.63) is 65.5 Å². The summed E-state index contributed by atoms with van der Waals surface area (Å²) in [5, 5.41) is 2.90. The molecule has 0 saturated heterocycles. The van der Waals surface area contributed by atoms with Gasteiger partial charge < -0.3 is 10.2 Å². The maximum Gasteiger partial charge on any atom is 0.272 e. The van der Waals surface area contributed by atoms with Crippen molar-refractivity contribution in [2.45, 2.75) is 39.8 Å². The summed E-state index contributed by atoms with van der Waals surface area (Å²) in [4.78, 5) is 30.9. The first kappa shape index (κ1) is 18.6. The molecule has 0 radical (unpaired) electrons. The predicted molar refractivity (Wildman–Crippen MR) is 98.3 cm³/mol. The Balaban J connectivity index is 2.15. The highest BCUT2D eigenvalue weighted by molar-refractivity contribution is 5.98. The van der Waals surface area contributed by atoms with Crippen LogP contribution in [-0.2, 0) is 6.54 Å². The molecule has 5 heteroatoms. The van der Waals surface area contributed by atoms with E-state index in [2.05, 4.69) is 10.3 Å². The van der Waals surface area contributed by atoms with Gasteiger partial charge >= 0.3 is 0 Å². The summed E-state index contributed by atoms with van der Waals surface area (Å²) < 4.78 is 0. The van der Waals surface area contributed by atoms with Crippen LogP contribution < -0.4 is 5.32 Å². The van der Waals surface area contributed by atoms with Crippen molar-refractivity contribution in [3.63, 3.8) is 0 Å². The van der Waals surface area contributed by atoms with Crippen molar-refractivity contribution in [2.24, 2.45) is 0 Å². The van der Waals surface area contributed by atoms with Crippen LogP contribution in [0.3, 0.4) is 0 Å². The monoisotopic (exact) mass is 339 g/mol. The summed E-state index contributed by atoms with van der Waals surface area (Å²) in [6.07, 6.45) is 2.36. The third-order valence-electron chi connectivity index (χ3n) is 4.12. The Morgan fingerprint density at radius 1 is 1.16 bits per heavy atom. The summed E-state index contributed by atoms with van der Waals surface area (Å²) in [6, 6.07) is 13.1. The van der Waals surface area contributed by atoms with Gasteiger partial charge in [0.25, 0.3) is 11.8 Å².